The summed E-state index contributed by atoms with van der Waals surface area (Å²) in [6.07, 6.45) is 3.19. The predicted octanol–water partition coefficient (Wildman–Crippen LogP) is -1.76. The normalized spacial score (nSPS) is 10.3. The van der Waals surface area contributed by atoms with Gasteiger partial charge in [0.25, 0.3) is 0 Å². The molecule has 0 fully saturated rings. The molecule has 3 N–H and O–H groups in total. The second kappa shape index (κ2) is 3.72. The van der Waals surface area contributed by atoms with Crippen LogP contribution in [0.15, 0.2) is 35.4 Å². The summed E-state index contributed by atoms with van der Waals surface area (Å²) >= 11 is 0. The highest BCUT2D eigenvalue weighted by Gasteiger charge is 2.13. The van der Waals surface area contributed by atoms with Gasteiger partial charge in [-0.15, -0.1) is 0 Å². The number of nitrogens with one attached hydrogen (secondary N) is 1. The van der Waals surface area contributed by atoms with Gasteiger partial charge >= 0.3 is 7.12 Å². The number of H-pyrrole nitrogens is 1. The first kappa shape index (κ1) is 9.69. The molecule has 2 rings (SSSR count). The van der Waals surface area contributed by atoms with E-state index in [2.05, 4.69) is 10.1 Å². The number of hydrogen-bond donors (Lipinski definition) is 3. The molecular weight excluding hydrogens is 197 g/mol. The maximum absolute atomic E-state index is 11.2. The van der Waals surface area contributed by atoms with Crippen molar-refractivity contribution in [2.75, 3.05) is 0 Å². The van der Waals surface area contributed by atoms with Crippen molar-refractivity contribution >= 4 is 12.6 Å². The molecule has 15 heavy (non-hydrogen) atoms. The summed E-state index contributed by atoms with van der Waals surface area (Å²) in [4.78, 5) is 13.7. The van der Waals surface area contributed by atoms with E-state index in [9.17, 15) is 4.79 Å². The van der Waals surface area contributed by atoms with Crippen LogP contribution in [0.3, 0.4) is 0 Å². The molecule has 0 aliphatic heterocycles. The SMILES string of the molecule is O=c1cc(B(O)O)cc(-n2cccn2)[nH]1. The second-order valence-electron chi connectivity index (χ2n) is 2.99. The molecule has 0 aromatic carbocycles. The van der Waals surface area contributed by atoms with Gasteiger partial charge in [0, 0.05) is 18.5 Å². The molecule has 0 spiro atoms. The molecule has 0 aliphatic carbocycles. The molecule has 76 valence electrons. The van der Waals surface area contributed by atoms with Crippen LogP contribution in [0, 0.1) is 0 Å². The zero-order valence-corrected chi connectivity index (χ0v) is 7.66. The Morgan fingerprint density at radius 3 is 2.80 bits per heavy atom. The van der Waals surface area contributed by atoms with Crippen LogP contribution in [0.4, 0.5) is 0 Å². The van der Waals surface area contributed by atoms with Crippen molar-refractivity contribution in [3.63, 3.8) is 0 Å². The maximum atomic E-state index is 11.2. The van der Waals surface area contributed by atoms with Gasteiger partial charge in [0.2, 0.25) is 5.56 Å². The van der Waals surface area contributed by atoms with E-state index in [-0.39, 0.29) is 5.46 Å². The zero-order chi connectivity index (χ0) is 10.8. The van der Waals surface area contributed by atoms with Gasteiger partial charge in [-0.3, -0.25) is 4.79 Å². The van der Waals surface area contributed by atoms with Gasteiger partial charge < -0.3 is 15.0 Å². The minimum Gasteiger partial charge on any atom is -0.423 e. The molecule has 0 atom stereocenters. The van der Waals surface area contributed by atoms with E-state index in [1.54, 1.807) is 18.5 Å². The van der Waals surface area contributed by atoms with Crippen LogP contribution in [0.2, 0.25) is 0 Å². The first-order valence-corrected chi connectivity index (χ1v) is 4.27. The number of rotatable bonds is 2. The molecule has 7 heteroatoms. The molecule has 0 unspecified atom stereocenters. The first-order valence-electron chi connectivity index (χ1n) is 4.27. The van der Waals surface area contributed by atoms with Gasteiger partial charge in [-0.1, -0.05) is 0 Å². The van der Waals surface area contributed by atoms with Crippen LogP contribution >= 0.6 is 0 Å². The Bertz CT molecular complexity index is 506. The van der Waals surface area contributed by atoms with E-state index in [4.69, 9.17) is 10.0 Å². The lowest BCUT2D eigenvalue weighted by molar-refractivity contribution is 0.425. The van der Waals surface area contributed by atoms with E-state index in [1.807, 2.05) is 0 Å². The minimum atomic E-state index is -1.67. The highest BCUT2D eigenvalue weighted by atomic mass is 16.4. The van der Waals surface area contributed by atoms with Crippen molar-refractivity contribution in [3.8, 4) is 5.82 Å². The Labute approximate surface area is 85.0 Å². The van der Waals surface area contributed by atoms with Gasteiger partial charge in [-0.05, 0) is 17.6 Å². The average Bonchev–Trinajstić information content (AvgIpc) is 2.69. The molecule has 0 radical (unpaired) electrons. The Balaban J connectivity index is 2.54. The van der Waals surface area contributed by atoms with E-state index < -0.39 is 12.7 Å². The van der Waals surface area contributed by atoms with Crippen LogP contribution in [-0.4, -0.2) is 31.9 Å². The molecule has 0 bridgehead atoms. The Morgan fingerprint density at radius 2 is 2.20 bits per heavy atom. The second-order valence-corrected chi connectivity index (χ2v) is 2.99. The van der Waals surface area contributed by atoms with Crippen molar-refractivity contribution in [3.05, 3.63) is 40.9 Å². The van der Waals surface area contributed by atoms with Crippen LogP contribution < -0.4 is 11.0 Å². The smallest absolute Gasteiger partial charge is 0.423 e. The fourth-order valence-corrected chi connectivity index (χ4v) is 1.23. The van der Waals surface area contributed by atoms with Gasteiger partial charge in [0.1, 0.15) is 5.82 Å². The number of nitrogens with zero attached hydrogens (tertiary/aromatic N) is 2. The number of hydrogen-bond acceptors (Lipinski definition) is 4. The van der Waals surface area contributed by atoms with Crippen molar-refractivity contribution in [2.45, 2.75) is 0 Å². The third kappa shape index (κ3) is 1.98. The summed E-state index contributed by atoms with van der Waals surface area (Å²) in [5, 5.41) is 21.8. The summed E-state index contributed by atoms with van der Waals surface area (Å²) in [6.45, 7) is 0. The van der Waals surface area contributed by atoms with Crippen molar-refractivity contribution in [1.82, 2.24) is 14.8 Å². The molecular formula is C8H8BN3O3. The highest BCUT2D eigenvalue weighted by molar-refractivity contribution is 6.58. The quantitative estimate of drug-likeness (QED) is 0.506. The predicted molar refractivity (Wildman–Crippen MR) is 54.0 cm³/mol. The number of pyridine rings is 1. The van der Waals surface area contributed by atoms with Crippen molar-refractivity contribution in [1.29, 1.82) is 0 Å². The molecule has 2 aromatic heterocycles. The monoisotopic (exact) mass is 205 g/mol. The van der Waals surface area contributed by atoms with Crippen LogP contribution in [-0.2, 0) is 0 Å². The standard InChI is InChI=1S/C8H8BN3O3/c13-8-5-6(9(14)15)4-7(11-8)12-3-1-2-10-12/h1-5,14-15H,(H,11,13). The number of aromatic nitrogens is 3. The fourth-order valence-electron chi connectivity index (χ4n) is 1.23. The molecule has 0 saturated carbocycles. The summed E-state index contributed by atoms with van der Waals surface area (Å²) < 4.78 is 1.42. The summed E-state index contributed by atoms with van der Waals surface area (Å²) in [5.41, 5.74) is -0.282. The molecule has 0 saturated heterocycles. The zero-order valence-electron chi connectivity index (χ0n) is 7.66. The molecule has 2 heterocycles. The minimum absolute atomic E-state index is 0.129. The van der Waals surface area contributed by atoms with Crippen LogP contribution in [0.1, 0.15) is 0 Å². The largest absolute Gasteiger partial charge is 0.488 e. The molecule has 0 amide bonds. The lowest BCUT2D eigenvalue weighted by atomic mass is 9.81. The Kier molecular flexibility index (Phi) is 2.40. The first-order chi connectivity index (χ1) is 7.16. The molecule has 6 nitrogen and oxygen atoms in total. The van der Waals surface area contributed by atoms with Gasteiger partial charge in [-0.25, -0.2) is 4.68 Å². The van der Waals surface area contributed by atoms with Gasteiger partial charge in [0.05, 0.1) is 0 Å². The summed E-state index contributed by atoms with van der Waals surface area (Å²) in [7, 11) is -1.67. The van der Waals surface area contributed by atoms with E-state index >= 15 is 0 Å². The van der Waals surface area contributed by atoms with Crippen LogP contribution in [0.5, 0.6) is 0 Å². The maximum Gasteiger partial charge on any atom is 0.488 e. The van der Waals surface area contributed by atoms with Crippen molar-refractivity contribution < 1.29 is 10.0 Å². The highest BCUT2D eigenvalue weighted by Crippen LogP contribution is 1.96. The topological polar surface area (TPSA) is 91.1 Å². The average molecular weight is 205 g/mol. The third-order valence-electron chi connectivity index (χ3n) is 1.90. The van der Waals surface area contributed by atoms with Crippen LogP contribution in [0.25, 0.3) is 5.82 Å². The Hall–Kier alpha value is -1.86. The van der Waals surface area contributed by atoms with Gasteiger partial charge in [0.15, 0.2) is 0 Å². The van der Waals surface area contributed by atoms with Crippen molar-refractivity contribution in [2.24, 2.45) is 0 Å². The third-order valence-corrected chi connectivity index (χ3v) is 1.90. The fraction of sp³-hybridized carbons (Fsp3) is 0. The lowest BCUT2D eigenvalue weighted by Crippen LogP contribution is -2.34. The molecule has 0 aliphatic rings. The summed E-state index contributed by atoms with van der Waals surface area (Å²) in [6, 6.07) is 4.26. The van der Waals surface area contributed by atoms with Gasteiger partial charge in [-0.2, -0.15) is 5.10 Å². The number of aromatic amines is 1. The van der Waals surface area contributed by atoms with E-state index in [0.29, 0.717) is 5.82 Å². The molecule has 2 aromatic rings. The lowest BCUT2D eigenvalue weighted by Gasteiger charge is -2.03. The van der Waals surface area contributed by atoms with E-state index in [1.165, 1.54) is 10.7 Å². The summed E-state index contributed by atoms with van der Waals surface area (Å²) in [5.74, 6) is 0.385. The Morgan fingerprint density at radius 1 is 1.40 bits per heavy atom. The van der Waals surface area contributed by atoms with E-state index in [0.717, 1.165) is 6.07 Å².